The molecule has 290 valence electrons. The van der Waals surface area contributed by atoms with Crippen LogP contribution in [0.3, 0.4) is 0 Å². The molecule has 0 radical (unpaired) electrons. The minimum absolute atomic E-state index is 0.0657. The first-order valence-electron chi connectivity index (χ1n) is 17.6. The molecule has 1 aromatic rings. The summed E-state index contributed by atoms with van der Waals surface area (Å²) >= 11 is 8.32. The van der Waals surface area contributed by atoms with Crippen molar-refractivity contribution in [1.82, 2.24) is 10.2 Å². The SMILES string of the molecule is COc1cc2cc(c1Cl)N(C)C(=O)CC[C@]1(C)O[C@H]1[C@H](C)[C@@H]1C[C@](OC)(C/C=C/C=C(\C)C2)NC(=O)O1.CSC(C)CCC(=O)N(C)[C@@H](C)C(=O)O. The number of anilines is 1. The Balaban J connectivity index is 0.000000411. The lowest BCUT2D eigenvalue weighted by molar-refractivity contribution is -0.148. The number of carbonyl (C=O) groups excluding carboxylic acids is 3. The standard InChI is InChI=1S/C28H37ClN2O6.C10H19NO3S/c1-17-9-7-8-11-28(35-6)16-22(36-26(33)30-28)18(2)25-27(3,37-25)12-10-23(32)31(4)20-14-19(13-17)15-21(34-5)24(20)29;1-7(15-4)5-6-9(12)11(3)8(2)10(13)14/h7-9,14-15,18,22,25H,10-13,16H2,1-6H3,(H,30,33);7-8H,5-6H2,1-4H3,(H,13,14)/b8-7+,17-9+;/t18-,22+,25+,27+,28-;7?,8-/m10/s1. The molecule has 4 bridgehead atoms. The molecule has 3 aliphatic rings. The molecule has 3 heterocycles. The Morgan fingerprint density at radius 3 is 2.56 bits per heavy atom. The fourth-order valence-corrected chi connectivity index (χ4v) is 7.06. The highest BCUT2D eigenvalue weighted by molar-refractivity contribution is 7.99. The van der Waals surface area contributed by atoms with Crippen molar-refractivity contribution in [2.45, 2.75) is 114 Å². The molecule has 12 nitrogen and oxygen atoms in total. The molecular formula is C38H56ClN3O9S. The maximum absolute atomic E-state index is 13.2. The van der Waals surface area contributed by atoms with E-state index in [9.17, 15) is 19.2 Å². The van der Waals surface area contributed by atoms with Crippen LogP contribution in [0.5, 0.6) is 5.75 Å². The number of aliphatic carboxylic acids is 1. The van der Waals surface area contributed by atoms with Crippen LogP contribution in [-0.4, -0.2) is 103 Å². The highest BCUT2D eigenvalue weighted by atomic mass is 35.5. The van der Waals surface area contributed by atoms with Gasteiger partial charge in [0.25, 0.3) is 0 Å². The van der Waals surface area contributed by atoms with Crippen LogP contribution in [0.25, 0.3) is 0 Å². The van der Waals surface area contributed by atoms with E-state index in [0.717, 1.165) is 17.6 Å². The van der Waals surface area contributed by atoms with Crippen LogP contribution in [-0.2, 0) is 35.0 Å². The second-order valence-corrected chi connectivity index (χ2v) is 15.8. The zero-order valence-corrected chi connectivity index (χ0v) is 33.7. The Hall–Kier alpha value is -3.26. The minimum atomic E-state index is -0.969. The largest absolute Gasteiger partial charge is 0.495 e. The van der Waals surface area contributed by atoms with Crippen LogP contribution < -0.4 is 15.0 Å². The first-order valence-corrected chi connectivity index (χ1v) is 19.3. The number of likely N-dealkylation sites (N-methyl/N-ethyl adjacent to an activating group) is 1. The third-order valence-electron chi connectivity index (χ3n) is 10.3. The van der Waals surface area contributed by atoms with Crippen LogP contribution in [0.1, 0.15) is 78.7 Å². The predicted octanol–water partition coefficient (Wildman–Crippen LogP) is 6.62. The summed E-state index contributed by atoms with van der Waals surface area (Å²) in [7, 11) is 6.43. The number of nitrogens with zero attached hydrogens (tertiary/aromatic N) is 2. The molecule has 52 heavy (non-hydrogen) atoms. The average Bonchev–Trinajstić information content (AvgIpc) is 3.80. The number of alkyl carbamates (subject to hydrolysis) is 1. The third-order valence-corrected chi connectivity index (χ3v) is 11.8. The number of halogens is 1. The third kappa shape index (κ3) is 11.1. The molecule has 0 aromatic heterocycles. The molecule has 2 N–H and O–H groups in total. The minimum Gasteiger partial charge on any atom is -0.495 e. The number of allylic oxidation sites excluding steroid dienone is 3. The van der Waals surface area contributed by atoms with Gasteiger partial charge in [-0.25, -0.2) is 9.59 Å². The van der Waals surface area contributed by atoms with Gasteiger partial charge in [0.2, 0.25) is 11.8 Å². The number of nitrogens with one attached hydrogen (secondary N) is 1. The number of carboxylic acid groups (broad SMARTS) is 1. The smallest absolute Gasteiger partial charge is 0.409 e. The Morgan fingerprint density at radius 2 is 1.94 bits per heavy atom. The molecule has 1 aromatic carbocycles. The highest BCUT2D eigenvalue weighted by Gasteiger charge is 2.58. The lowest BCUT2D eigenvalue weighted by Crippen LogP contribution is -2.58. The van der Waals surface area contributed by atoms with E-state index in [4.69, 9.17) is 35.7 Å². The maximum atomic E-state index is 13.2. The second kappa shape index (κ2) is 18.7. The van der Waals surface area contributed by atoms with E-state index in [2.05, 4.69) is 12.2 Å². The predicted molar refractivity (Wildman–Crippen MR) is 204 cm³/mol. The van der Waals surface area contributed by atoms with E-state index in [-0.39, 0.29) is 36.4 Å². The normalized spacial score (nSPS) is 29.0. The molecule has 0 aliphatic carbocycles. The van der Waals surface area contributed by atoms with Crippen LogP contribution in [0, 0.1) is 5.92 Å². The molecular weight excluding hydrogens is 710 g/mol. The molecule has 2 saturated heterocycles. The summed E-state index contributed by atoms with van der Waals surface area (Å²) in [5.74, 6) is -0.680. The lowest BCUT2D eigenvalue weighted by Gasteiger charge is -2.41. The maximum Gasteiger partial charge on any atom is 0.409 e. The number of carbonyl (C=O) groups is 4. The van der Waals surface area contributed by atoms with Crippen molar-refractivity contribution in [2.24, 2.45) is 5.92 Å². The molecule has 0 saturated carbocycles. The van der Waals surface area contributed by atoms with E-state index < -0.39 is 29.4 Å². The summed E-state index contributed by atoms with van der Waals surface area (Å²) in [4.78, 5) is 50.8. The second-order valence-electron chi connectivity index (χ2n) is 14.2. The van der Waals surface area contributed by atoms with Gasteiger partial charge >= 0.3 is 12.1 Å². The van der Waals surface area contributed by atoms with Gasteiger partial charge in [0.05, 0.1) is 24.5 Å². The monoisotopic (exact) mass is 765 g/mol. The van der Waals surface area contributed by atoms with Gasteiger partial charge in [-0.05, 0) is 64.0 Å². The van der Waals surface area contributed by atoms with Crippen LogP contribution in [0.2, 0.25) is 5.02 Å². The summed E-state index contributed by atoms with van der Waals surface area (Å²) in [6.07, 6.45) is 10.6. The number of benzene rings is 1. The number of hydrogen-bond acceptors (Lipinski definition) is 9. The van der Waals surface area contributed by atoms with E-state index in [1.165, 1.54) is 18.9 Å². The number of ether oxygens (including phenoxy) is 4. The molecule has 14 heteroatoms. The van der Waals surface area contributed by atoms with Gasteiger partial charge in [0.15, 0.2) is 0 Å². The van der Waals surface area contributed by atoms with E-state index in [1.54, 1.807) is 37.9 Å². The first-order chi connectivity index (χ1) is 24.4. The van der Waals surface area contributed by atoms with Crippen molar-refractivity contribution >= 4 is 52.9 Å². The van der Waals surface area contributed by atoms with Crippen molar-refractivity contribution in [3.63, 3.8) is 0 Å². The number of thioether (sulfide) groups is 1. The van der Waals surface area contributed by atoms with Crippen molar-refractivity contribution in [1.29, 1.82) is 0 Å². The average molecular weight is 766 g/mol. The van der Waals surface area contributed by atoms with Gasteiger partial charge in [-0.1, -0.05) is 49.2 Å². The van der Waals surface area contributed by atoms with Crippen molar-refractivity contribution < 1.29 is 43.2 Å². The molecule has 2 fully saturated rings. The molecule has 4 rings (SSSR count). The quantitative estimate of drug-likeness (QED) is 0.277. The first kappa shape index (κ1) is 43.1. The van der Waals surface area contributed by atoms with Gasteiger partial charge in [0.1, 0.15) is 28.6 Å². The van der Waals surface area contributed by atoms with Gasteiger partial charge in [-0.3, -0.25) is 14.9 Å². The lowest BCUT2D eigenvalue weighted by atomic mass is 9.85. The Labute approximate surface area is 317 Å². The fraction of sp³-hybridized carbons (Fsp3) is 0.632. The Morgan fingerprint density at radius 1 is 1.25 bits per heavy atom. The zero-order chi connectivity index (χ0) is 39.0. The van der Waals surface area contributed by atoms with Crippen molar-refractivity contribution in [2.75, 3.05) is 39.5 Å². The van der Waals surface area contributed by atoms with Gasteiger partial charge in [0, 0.05) is 58.1 Å². The highest BCUT2D eigenvalue weighted by Crippen LogP contribution is 2.48. The number of rotatable bonds is 8. The topological polar surface area (TPSA) is 147 Å². The Kier molecular flexibility index (Phi) is 15.5. The van der Waals surface area contributed by atoms with Gasteiger partial charge in [-0.2, -0.15) is 11.8 Å². The van der Waals surface area contributed by atoms with Crippen molar-refractivity contribution in [3.8, 4) is 5.75 Å². The summed E-state index contributed by atoms with van der Waals surface area (Å²) in [6, 6.07) is 3.09. The number of carboxylic acids is 1. The number of epoxide rings is 1. The van der Waals surface area contributed by atoms with Crippen LogP contribution in [0.15, 0.2) is 35.9 Å². The summed E-state index contributed by atoms with van der Waals surface area (Å²) in [6.45, 7) is 9.63. The van der Waals surface area contributed by atoms with E-state index in [1.807, 2.05) is 57.4 Å². The Bertz CT molecular complexity index is 1520. The van der Waals surface area contributed by atoms with Gasteiger partial charge in [-0.15, -0.1) is 0 Å². The van der Waals surface area contributed by atoms with E-state index in [0.29, 0.717) is 53.8 Å². The molecule has 1 unspecified atom stereocenters. The summed E-state index contributed by atoms with van der Waals surface area (Å²) in [5.41, 5.74) is 1.37. The molecule has 3 aliphatic heterocycles. The van der Waals surface area contributed by atoms with Crippen LogP contribution >= 0.6 is 23.4 Å². The summed E-state index contributed by atoms with van der Waals surface area (Å²) in [5, 5.41) is 12.4. The molecule has 7 atom stereocenters. The number of hydrogen-bond donors (Lipinski definition) is 2. The van der Waals surface area contributed by atoms with E-state index >= 15 is 0 Å². The fourth-order valence-electron chi connectivity index (χ4n) is 6.40. The molecule has 3 amide bonds. The van der Waals surface area contributed by atoms with Gasteiger partial charge < -0.3 is 33.9 Å². The number of fused-ring (bicyclic) bond motifs is 5. The van der Waals surface area contributed by atoms with Crippen LogP contribution in [0.4, 0.5) is 10.5 Å². The van der Waals surface area contributed by atoms with Crippen molar-refractivity contribution in [3.05, 3.63) is 46.5 Å². The zero-order valence-electron chi connectivity index (χ0n) is 32.1. The summed E-state index contributed by atoms with van der Waals surface area (Å²) < 4.78 is 23.1. The number of methoxy groups -OCH3 is 2. The molecule has 0 spiro atoms. The number of amides is 3.